The van der Waals surface area contributed by atoms with Crippen LogP contribution in [-0.2, 0) is 34.4 Å². The van der Waals surface area contributed by atoms with Gasteiger partial charge in [-0.2, -0.15) is 21.6 Å². The molecule has 0 aliphatic rings. The number of thioether (sulfide) groups is 1. The van der Waals surface area contributed by atoms with Crippen molar-refractivity contribution in [3.8, 4) is 0 Å². The molecule has 1 unspecified atom stereocenters. The van der Waals surface area contributed by atoms with E-state index in [1.54, 1.807) is 18.4 Å². The summed E-state index contributed by atoms with van der Waals surface area (Å²) in [5, 5.41) is 14.9. The second-order valence-electron chi connectivity index (χ2n) is 7.89. The molecule has 0 radical (unpaired) electrons. The van der Waals surface area contributed by atoms with E-state index in [2.05, 4.69) is 19.7 Å². The number of carbonyl (C=O) groups is 1. The van der Waals surface area contributed by atoms with Crippen LogP contribution in [0.1, 0.15) is 10.4 Å². The van der Waals surface area contributed by atoms with Gasteiger partial charge in [-0.15, -0.1) is 23.1 Å². The zero-order valence-corrected chi connectivity index (χ0v) is 26.8. The highest BCUT2D eigenvalue weighted by atomic mass is 79.9. The van der Waals surface area contributed by atoms with Crippen molar-refractivity contribution in [2.45, 2.75) is 36.9 Å². The molecule has 1 aromatic heterocycles. The lowest BCUT2D eigenvalue weighted by Crippen LogP contribution is -2.21. The first-order chi connectivity index (χ1) is 18.6. The van der Waals surface area contributed by atoms with Gasteiger partial charge in [0.1, 0.15) is 20.5 Å². The molecule has 1 heterocycles. The van der Waals surface area contributed by atoms with Gasteiger partial charge in [0.2, 0.25) is 0 Å². The standard InChI is InChI=1S/C20H20BrN3O5S5.C2HF3O2/c1-12-6-4-9-16(32(3,25)26)18(12)34(28,29)24-33(27,14-8-5-7-13(21)10-14)17-11-15(19(22)23)31-20(17)30-2;3-2(4,5)1(6)7/h4-11H,1-3H3,(H3,22,23);(H,6,7). The molecule has 0 saturated carbocycles. The maximum absolute atomic E-state index is 14.6. The Morgan fingerprint density at radius 3 is 2.10 bits per heavy atom. The summed E-state index contributed by atoms with van der Waals surface area (Å²) in [6.45, 7) is 1.45. The third-order valence-electron chi connectivity index (χ3n) is 4.81. The molecule has 10 nitrogen and oxygen atoms in total. The summed E-state index contributed by atoms with van der Waals surface area (Å²) in [5.41, 5.74) is 5.79. The second kappa shape index (κ2) is 12.8. The van der Waals surface area contributed by atoms with Crippen LogP contribution in [0.4, 0.5) is 13.2 Å². The fourth-order valence-corrected chi connectivity index (χ4v) is 12.1. The predicted octanol–water partition coefficient (Wildman–Crippen LogP) is 5.14. The average Bonchev–Trinajstić information content (AvgIpc) is 3.28. The van der Waals surface area contributed by atoms with Gasteiger partial charge in [-0.3, -0.25) is 5.41 Å². The van der Waals surface area contributed by atoms with E-state index in [1.165, 1.54) is 55.1 Å². The Labute approximate surface area is 251 Å². The molecule has 41 heavy (non-hydrogen) atoms. The number of sulfone groups is 1. The summed E-state index contributed by atoms with van der Waals surface area (Å²) in [6, 6.07) is 11.7. The van der Waals surface area contributed by atoms with Crippen LogP contribution in [-0.4, -0.2) is 56.6 Å². The van der Waals surface area contributed by atoms with E-state index >= 15 is 0 Å². The molecule has 224 valence electrons. The minimum Gasteiger partial charge on any atom is -0.475 e. The van der Waals surface area contributed by atoms with Crippen LogP contribution in [0.25, 0.3) is 0 Å². The van der Waals surface area contributed by atoms with Gasteiger partial charge in [-0.1, -0.05) is 37.9 Å². The van der Waals surface area contributed by atoms with Gasteiger partial charge in [0.05, 0.1) is 23.8 Å². The Balaban J connectivity index is 0.000000745. The topological polar surface area (TPSA) is 185 Å². The monoisotopic (exact) mass is 735 g/mol. The van der Waals surface area contributed by atoms with Gasteiger partial charge in [0, 0.05) is 10.7 Å². The molecule has 0 spiro atoms. The van der Waals surface area contributed by atoms with Gasteiger partial charge in [0.25, 0.3) is 10.0 Å². The van der Waals surface area contributed by atoms with E-state index in [-0.39, 0.29) is 21.2 Å². The van der Waals surface area contributed by atoms with Gasteiger partial charge < -0.3 is 10.8 Å². The van der Waals surface area contributed by atoms with Gasteiger partial charge in [-0.05, 0) is 49.1 Å². The molecule has 0 bridgehead atoms. The maximum Gasteiger partial charge on any atom is 0.490 e. The number of halogens is 4. The normalized spacial score (nSPS) is 13.4. The number of benzene rings is 2. The Kier molecular flexibility index (Phi) is 10.9. The summed E-state index contributed by atoms with van der Waals surface area (Å²) in [5.74, 6) is -3.02. The summed E-state index contributed by atoms with van der Waals surface area (Å²) in [4.78, 5) is 8.45. The van der Waals surface area contributed by atoms with Crippen molar-refractivity contribution in [1.29, 1.82) is 5.41 Å². The molecule has 19 heteroatoms. The predicted molar refractivity (Wildman–Crippen MR) is 154 cm³/mol. The van der Waals surface area contributed by atoms with E-state index in [1.807, 2.05) is 0 Å². The number of aryl methyl sites for hydroxylation is 1. The molecule has 0 aliphatic heterocycles. The molecule has 0 amide bonds. The highest BCUT2D eigenvalue weighted by Gasteiger charge is 2.38. The number of amidine groups is 1. The highest BCUT2D eigenvalue weighted by molar-refractivity contribution is 9.10. The third kappa shape index (κ3) is 8.31. The second-order valence-corrected chi connectivity index (χ2v) is 16.8. The minimum atomic E-state index is -5.08. The summed E-state index contributed by atoms with van der Waals surface area (Å²) < 4.78 is 103. The number of hydrogen-bond donors (Lipinski definition) is 3. The van der Waals surface area contributed by atoms with E-state index in [0.717, 1.165) is 17.6 Å². The number of thiophene rings is 1. The number of carboxylic acid groups (broad SMARTS) is 1. The highest BCUT2D eigenvalue weighted by Crippen LogP contribution is 2.40. The number of hydrogen-bond acceptors (Lipinski definition) is 9. The molecule has 0 saturated heterocycles. The summed E-state index contributed by atoms with van der Waals surface area (Å²) in [7, 11) is -12.5. The third-order valence-corrected chi connectivity index (χ3v) is 13.6. The first-order valence-electron chi connectivity index (χ1n) is 10.6. The van der Waals surface area contributed by atoms with Crippen LogP contribution in [0.2, 0.25) is 0 Å². The lowest BCUT2D eigenvalue weighted by Gasteiger charge is -2.14. The number of nitrogens with zero attached hydrogens (tertiary/aromatic N) is 1. The van der Waals surface area contributed by atoms with Crippen LogP contribution in [0.5, 0.6) is 0 Å². The van der Waals surface area contributed by atoms with Crippen molar-refractivity contribution in [3.63, 3.8) is 0 Å². The van der Waals surface area contributed by atoms with Crippen molar-refractivity contribution in [2.75, 3.05) is 12.5 Å². The quantitative estimate of drug-likeness (QED) is 0.168. The van der Waals surface area contributed by atoms with E-state index < -0.39 is 51.5 Å². The van der Waals surface area contributed by atoms with E-state index in [9.17, 15) is 34.2 Å². The summed E-state index contributed by atoms with van der Waals surface area (Å²) >= 11 is 5.63. The first kappa shape index (κ1) is 34.7. The first-order valence-corrected chi connectivity index (χ1v) is 18.2. The SMILES string of the molecule is CSc1sc(C(=N)N)cc1S(=O)(=NS(=O)(=O)c1c(C)cccc1S(C)(=O)=O)c1cccc(Br)c1.O=C(O)C(F)(F)F. The van der Waals surface area contributed by atoms with Gasteiger partial charge in [0.15, 0.2) is 9.84 Å². The van der Waals surface area contributed by atoms with Gasteiger partial charge >= 0.3 is 12.1 Å². The largest absolute Gasteiger partial charge is 0.490 e. The lowest BCUT2D eigenvalue weighted by molar-refractivity contribution is -0.192. The van der Waals surface area contributed by atoms with Crippen molar-refractivity contribution in [3.05, 3.63) is 63.4 Å². The van der Waals surface area contributed by atoms with Crippen LogP contribution in [0.3, 0.4) is 0 Å². The Morgan fingerprint density at radius 1 is 1.07 bits per heavy atom. The zero-order valence-electron chi connectivity index (χ0n) is 21.1. The Morgan fingerprint density at radius 2 is 1.63 bits per heavy atom. The fraction of sp³-hybridized carbons (Fsp3) is 0.182. The number of nitrogens with two attached hydrogens (primary N) is 1. The number of nitrogens with one attached hydrogen (secondary N) is 1. The molecule has 1 atom stereocenters. The van der Waals surface area contributed by atoms with Gasteiger partial charge in [-0.25, -0.2) is 17.4 Å². The van der Waals surface area contributed by atoms with Crippen LogP contribution in [0, 0.1) is 12.3 Å². The summed E-state index contributed by atoms with van der Waals surface area (Å²) in [6.07, 6.45) is -2.46. The van der Waals surface area contributed by atoms with Crippen molar-refractivity contribution in [2.24, 2.45) is 9.50 Å². The maximum atomic E-state index is 14.6. The molecule has 2 aromatic carbocycles. The van der Waals surface area contributed by atoms with Crippen LogP contribution >= 0.6 is 39.0 Å². The lowest BCUT2D eigenvalue weighted by atomic mass is 10.2. The smallest absolute Gasteiger partial charge is 0.475 e. The zero-order chi connectivity index (χ0) is 31.6. The molecule has 4 N–H and O–H groups in total. The molecular weight excluding hydrogens is 715 g/mol. The number of rotatable bonds is 7. The van der Waals surface area contributed by atoms with E-state index in [4.69, 9.17) is 21.0 Å². The number of aliphatic carboxylic acids is 1. The molecular formula is C22H21BrF3N3O7S5. The Hall–Kier alpha value is -2.45. The number of carboxylic acids is 1. The fourth-order valence-electron chi connectivity index (χ4n) is 3.10. The average molecular weight is 737 g/mol. The number of alkyl halides is 3. The van der Waals surface area contributed by atoms with Crippen molar-refractivity contribution in [1.82, 2.24) is 0 Å². The van der Waals surface area contributed by atoms with Crippen LogP contribution in [0.15, 0.2) is 80.6 Å². The number of sulfonamides is 1. The van der Waals surface area contributed by atoms with Crippen LogP contribution < -0.4 is 5.73 Å². The minimum absolute atomic E-state index is 0.0892. The number of nitrogen functional groups attached to an aromatic ring is 1. The van der Waals surface area contributed by atoms with Crippen molar-refractivity contribution >= 4 is 80.4 Å². The molecule has 3 rings (SSSR count). The Bertz CT molecular complexity index is 1850. The van der Waals surface area contributed by atoms with E-state index in [0.29, 0.717) is 13.6 Å². The molecule has 3 aromatic rings. The molecule has 0 fully saturated rings. The molecule has 0 aliphatic carbocycles. The van der Waals surface area contributed by atoms with Crippen molar-refractivity contribution < 1.29 is 44.1 Å².